The summed E-state index contributed by atoms with van der Waals surface area (Å²) < 4.78 is 5.10. The van der Waals surface area contributed by atoms with Gasteiger partial charge in [-0.2, -0.15) is 4.98 Å². The van der Waals surface area contributed by atoms with Crippen LogP contribution in [0.4, 0.5) is 0 Å². The van der Waals surface area contributed by atoms with E-state index < -0.39 is 5.60 Å². The van der Waals surface area contributed by atoms with Gasteiger partial charge in [-0.15, -0.1) is 0 Å². The monoisotopic (exact) mass is 210 g/mol. The van der Waals surface area contributed by atoms with E-state index in [4.69, 9.17) is 4.52 Å². The van der Waals surface area contributed by atoms with Crippen molar-refractivity contribution < 1.29 is 9.63 Å². The molecule has 0 aromatic carbocycles. The molecule has 0 aliphatic heterocycles. The fraction of sp³-hybridized carbons (Fsp3) is 0.818. The maximum atomic E-state index is 10.3. The fourth-order valence-electron chi connectivity index (χ4n) is 2.32. The molecule has 1 fully saturated rings. The van der Waals surface area contributed by atoms with Gasteiger partial charge < -0.3 is 9.63 Å². The van der Waals surface area contributed by atoms with Gasteiger partial charge in [0.15, 0.2) is 5.82 Å². The molecule has 0 unspecified atom stereocenters. The first-order chi connectivity index (χ1) is 7.11. The number of hydrogen-bond acceptors (Lipinski definition) is 4. The fourth-order valence-corrected chi connectivity index (χ4v) is 2.32. The lowest BCUT2D eigenvalue weighted by molar-refractivity contribution is 0.0368. The lowest BCUT2D eigenvalue weighted by Crippen LogP contribution is -2.27. The van der Waals surface area contributed by atoms with Crippen LogP contribution in [0.25, 0.3) is 0 Å². The highest BCUT2D eigenvalue weighted by molar-refractivity contribution is 4.97. The van der Waals surface area contributed by atoms with Crippen molar-refractivity contribution in [1.29, 1.82) is 0 Å². The summed E-state index contributed by atoms with van der Waals surface area (Å²) in [5, 5.41) is 14.1. The third kappa shape index (κ3) is 2.37. The van der Waals surface area contributed by atoms with Gasteiger partial charge in [0.05, 0.1) is 12.0 Å². The van der Waals surface area contributed by atoms with Gasteiger partial charge in [0.1, 0.15) is 0 Å². The molecular weight excluding hydrogens is 192 g/mol. The molecule has 4 nitrogen and oxygen atoms in total. The molecule has 1 saturated carbocycles. The molecule has 0 radical (unpaired) electrons. The van der Waals surface area contributed by atoms with Crippen LogP contribution in [0.5, 0.6) is 0 Å². The Labute approximate surface area is 89.7 Å². The van der Waals surface area contributed by atoms with E-state index in [9.17, 15) is 5.11 Å². The molecule has 84 valence electrons. The third-order valence-corrected chi connectivity index (χ3v) is 3.14. The van der Waals surface area contributed by atoms with Crippen molar-refractivity contribution >= 4 is 0 Å². The van der Waals surface area contributed by atoms with Gasteiger partial charge in [-0.05, 0) is 25.2 Å². The minimum absolute atomic E-state index is 0.504. The van der Waals surface area contributed by atoms with E-state index in [0.29, 0.717) is 18.2 Å². The van der Waals surface area contributed by atoms with Gasteiger partial charge in [0.2, 0.25) is 5.89 Å². The van der Waals surface area contributed by atoms with Crippen LogP contribution >= 0.6 is 0 Å². The largest absolute Gasteiger partial charge is 0.389 e. The van der Waals surface area contributed by atoms with E-state index in [1.54, 1.807) is 0 Å². The van der Waals surface area contributed by atoms with Crippen LogP contribution in [0.2, 0.25) is 0 Å². The van der Waals surface area contributed by atoms with Gasteiger partial charge in [0, 0.05) is 6.42 Å². The Morgan fingerprint density at radius 3 is 2.93 bits per heavy atom. The van der Waals surface area contributed by atoms with Crippen LogP contribution < -0.4 is 0 Å². The van der Waals surface area contributed by atoms with E-state index >= 15 is 0 Å². The molecular formula is C11H18N2O2. The van der Waals surface area contributed by atoms with E-state index in [1.165, 1.54) is 0 Å². The molecule has 1 aromatic heterocycles. The third-order valence-electron chi connectivity index (χ3n) is 3.14. The summed E-state index contributed by atoms with van der Waals surface area (Å²) in [5.74, 6) is 1.90. The minimum atomic E-state index is -0.614. The van der Waals surface area contributed by atoms with Gasteiger partial charge in [-0.1, -0.05) is 19.0 Å². The van der Waals surface area contributed by atoms with Crippen molar-refractivity contribution in [1.82, 2.24) is 10.1 Å². The molecule has 1 heterocycles. The van der Waals surface area contributed by atoms with Crippen molar-refractivity contribution in [3.8, 4) is 0 Å². The smallest absolute Gasteiger partial charge is 0.229 e. The number of aryl methyl sites for hydroxylation is 1. The summed E-state index contributed by atoms with van der Waals surface area (Å²) in [4.78, 5) is 4.22. The first-order valence-corrected chi connectivity index (χ1v) is 5.65. The zero-order chi connectivity index (χ0) is 10.9. The molecule has 4 heteroatoms. The molecule has 1 aliphatic rings. The quantitative estimate of drug-likeness (QED) is 0.825. The Kier molecular flexibility index (Phi) is 2.78. The molecule has 1 N–H and O–H groups in total. The zero-order valence-electron chi connectivity index (χ0n) is 9.36. The summed E-state index contributed by atoms with van der Waals surface area (Å²) in [6.45, 7) is 4.16. The van der Waals surface area contributed by atoms with E-state index in [2.05, 4.69) is 17.1 Å². The number of nitrogens with zero attached hydrogens (tertiary/aromatic N) is 2. The van der Waals surface area contributed by atoms with Gasteiger partial charge >= 0.3 is 0 Å². The first-order valence-electron chi connectivity index (χ1n) is 5.65. The molecule has 2 rings (SSSR count). The van der Waals surface area contributed by atoms with E-state index in [0.717, 1.165) is 31.5 Å². The highest BCUT2D eigenvalue weighted by Crippen LogP contribution is 2.36. The summed E-state index contributed by atoms with van der Waals surface area (Å²) >= 11 is 0. The highest BCUT2D eigenvalue weighted by atomic mass is 16.5. The minimum Gasteiger partial charge on any atom is -0.389 e. The van der Waals surface area contributed by atoms with Gasteiger partial charge in [-0.3, -0.25) is 0 Å². The highest BCUT2D eigenvalue weighted by Gasteiger charge is 2.36. The Morgan fingerprint density at radius 1 is 1.60 bits per heavy atom. The topological polar surface area (TPSA) is 59.2 Å². The Hall–Kier alpha value is -0.900. The first kappa shape index (κ1) is 10.6. The van der Waals surface area contributed by atoms with Crippen molar-refractivity contribution in [2.75, 3.05) is 0 Å². The van der Waals surface area contributed by atoms with Crippen LogP contribution in [-0.4, -0.2) is 20.8 Å². The Balaban J connectivity index is 2.02. The average molecular weight is 210 g/mol. The Bertz CT molecular complexity index is 337. The molecule has 0 bridgehead atoms. The van der Waals surface area contributed by atoms with Crippen LogP contribution in [0.15, 0.2) is 4.52 Å². The second-order valence-electron chi connectivity index (χ2n) is 4.71. The van der Waals surface area contributed by atoms with E-state index in [1.807, 2.05) is 6.92 Å². The van der Waals surface area contributed by atoms with Crippen LogP contribution in [0.1, 0.15) is 44.8 Å². The Morgan fingerprint density at radius 2 is 2.40 bits per heavy atom. The predicted molar refractivity (Wildman–Crippen MR) is 55.3 cm³/mol. The summed E-state index contributed by atoms with van der Waals surface area (Å²) in [5.41, 5.74) is -0.614. The second kappa shape index (κ2) is 3.93. The van der Waals surface area contributed by atoms with Crippen molar-refractivity contribution in [3.05, 3.63) is 11.7 Å². The molecule has 0 amide bonds. The molecule has 2 atom stereocenters. The lowest BCUT2D eigenvalue weighted by Gasteiger charge is -2.19. The summed E-state index contributed by atoms with van der Waals surface area (Å²) in [7, 11) is 0. The van der Waals surface area contributed by atoms with Crippen molar-refractivity contribution in [2.24, 2.45) is 5.92 Å². The summed E-state index contributed by atoms with van der Waals surface area (Å²) in [6.07, 6.45) is 4.06. The second-order valence-corrected chi connectivity index (χ2v) is 4.71. The lowest BCUT2D eigenvalue weighted by atomic mass is 9.97. The SMILES string of the molecule is CCc1noc(C[C@]2(O)CC[C@@H](C)C2)n1. The number of rotatable bonds is 3. The maximum absolute atomic E-state index is 10.3. The molecule has 1 aromatic rings. The van der Waals surface area contributed by atoms with Crippen LogP contribution in [0.3, 0.4) is 0 Å². The maximum Gasteiger partial charge on any atom is 0.229 e. The zero-order valence-corrected chi connectivity index (χ0v) is 9.36. The average Bonchev–Trinajstić information content (AvgIpc) is 2.74. The number of aromatic nitrogens is 2. The predicted octanol–water partition coefficient (Wildman–Crippen LogP) is 1.73. The number of hydrogen-bond donors (Lipinski definition) is 1. The molecule has 1 aliphatic carbocycles. The number of aliphatic hydroxyl groups is 1. The van der Waals surface area contributed by atoms with Crippen LogP contribution in [0, 0.1) is 5.92 Å². The van der Waals surface area contributed by atoms with Gasteiger partial charge in [-0.25, -0.2) is 0 Å². The summed E-state index contributed by atoms with van der Waals surface area (Å²) in [6, 6.07) is 0. The van der Waals surface area contributed by atoms with Gasteiger partial charge in [0.25, 0.3) is 0 Å². The van der Waals surface area contributed by atoms with Crippen molar-refractivity contribution in [2.45, 2.75) is 51.6 Å². The van der Waals surface area contributed by atoms with Crippen molar-refractivity contribution in [3.63, 3.8) is 0 Å². The molecule has 0 spiro atoms. The van der Waals surface area contributed by atoms with Crippen LogP contribution in [-0.2, 0) is 12.8 Å². The molecule has 0 saturated heterocycles. The molecule has 15 heavy (non-hydrogen) atoms. The normalized spacial score (nSPS) is 31.0. The van der Waals surface area contributed by atoms with E-state index in [-0.39, 0.29) is 0 Å². The standard InChI is InChI=1S/C11H18N2O2/c1-3-9-12-10(15-13-9)7-11(14)5-4-8(2)6-11/h8,14H,3-7H2,1-2H3/t8-,11+/m1/s1.